The van der Waals surface area contributed by atoms with Crippen molar-refractivity contribution < 1.29 is 64.6 Å². The molecule has 2 aliphatic rings. The maximum atomic E-state index is 13.3. The molecule has 0 spiro atoms. The van der Waals surface area contributed by atoms with Crippen LogP contribution < -0.4 is 5.32 Å². The van der Waals surface area contributed by atoms with Gasteiger partial charge in [-0.1, -0.05) is 262 Å². The number of ether oxygens (including phenoxy) is 4. The zero-order chi connectivity index (χ0) is 65.9. The van der Waals surface area contributed by atoms with Gasteiger partial charge in [-0.05, 0) is 116 Å². The van der Waals surface area contributed by atoms with Gasteiger partial charge in [-0.25, -0.2) is 0 Å². The van der Waals surface area contributed by atoms with Crippen molar-refractivity contribution in [3.8, 4) is 0 Å². The lowest BCUT2D eigenvalue weighted by atomic mass is 9.97. The van der Waals surface area contributed by atoms with Gasteiger partial charge in [0, 0.05) is 6.42 Å². The number of allylic oxidation sites excluding steroid dienone is 23. The first-order valence-electron chi connectivity index (χ1n) is 35.6. The van der Waals surface area contributed by atoms with Crippen LogP contribution in [0, 0.1) is 0 Å². The first-order valence-corrected chi connectivity index (χ1v) is 35.6. The van der Waals surface area contributed by atoms with Gasteiger partial charge in [-0.2, -0.15) is 0 Å². The summed E-state index contributed by atoms with van der Waals surface area (Å²) in [5.74, 6) is -0.262. The summed E-state index contributed by atoms with van der Waals surface area (Å²) in [5.41, 5.74) is 0. The Bertz CT molecular complexity index is 2090. The van der Waals surface area contributed by atoms with Crippen LogP contribution in [0.2, 0.25) is 0 Å². The largest absolute Gasteiger partial charge is 0.394 e. The van der Waals surface area contributed by atoms with E-state index in [9.17, 15) is 45.6 Å². The fourth-order valence-electron chi connectivity index (χ4n) is 10.6. The lowest BCUT2D eigenvalue weighted by Gasteiger charge is -2.46. The monoisotopic (exact) mass is 1270 g/mol. The van der Waals surface area contributed by atoms with E-state index in [1.165, 1.54) is 96.3 Å². The van der Waals surface area contributed by atoms with Crippen LogP contribution in [0.5, 0.6) is 0 Å². The molecule has 9 N–H and O–H groups in total. The lowest BCUT2D eigenvalue weighted by molar-refractivity contribution is -0.359. The molecule has 2 saturated heterocycles. The van der Waals surface area contributed by atoms with Gasteiger partial charge >= 0.3 is 0 Å². The van der Waals surface area contributed by atoms with E-state index in [0.29, 0.717) is 12.8 Å². The van der Waals surface area contributed by atoms with Gasteiger partial charge in [-0.3, -0.25) is 4.79 Å². The molecule has 91 heavy (non-hydrogen) atoms. The van der Waals surface area contributed by atoms with Crippen molar-refractivity contribution in [1.82, 2.24) is 5.32 Å². The molecule has 0 aromatic heterocycles. The van der Waals surface area contributed by atoms with Crippen LogP contribution in [-0.4, -0.2) is 140 Å². The molecule has 0 bridgehead atoms. The molecule has 14 heteroatoms. The van der Waals surface area contributed by atoms with Crippen LogP contribution in [0.1, 0.15) is 239 Å². The lowest BCUT2D eigenvalue weighted by Crippen LogP contribution is -2.65. The molecule has 0 saturated carbocycles. The third-order valence-electron chi connectivity index (χ3n) is 16.2. The van der Waals surface area contributed by atoms with E-state index in [2.05, 4.69) is 153 Å². The summed E-state index contributed by atoms with van der Waals surface area (Å²) < 4.78 is 22.8. The van der Waals surface area contributed by atoms with Crippen molar-refractivity contribution in [3.05, 3.63) is 146 Å². The van der Waals surface area contributed by atoms with Crippen LogP contribution in [0.3, 0.4) is 0 Å². The third kappa shape index (κ3) is 43.5. The minimum absolute atomic E-state index is 0.257. The molecule has 0 aromatic rings. The molecule has 0 aromatic carbocycles. The van der Waals surface area contributed by atoms with E-state index in [-0.39, 0.29) is 18.9 Å². The second-order valence-electron chi connectivity index (χ2n) is 24.3. The van der Waals surface area contributed by atoms with E-state index in [0.717, 1.165) is 109 Å². The predicted molar refractivity (Wildman–Crippen MR) is 373 cm³/mol. The van der Waals surface area contributed by atoms with Gasteiger partial charge in [0.1, 0.15) is 48.8 Å². The van der Waals surface area contributed by atoms with Gasteiger partial charge in [0.15, 0.2) is 12.6 Å². The van der Waals surface area contributed by atoms with Crippen molar-refractivity contribution in [1.29, 1.82) is 0 Å². The fraction of sp³-hybridized carbons (Fsp3) is 0.675. The predicted octanol–water partition coefficient (Wildman–Crippen LogP) is 14.8. The van der Waals surface area contributed by atoms with Crippen LogP contribution in [0.4, 0.5) is 0 Å². The summed E-state index contributed by atoms with van der Waals surface area (Å²) in [5, 5.41) is 87.3. The van der Waals surface area contributed by atoms with Crippen molar-refractivity contribution in [3.63, 3.8) is 0 Å². The average molecular weight is 1270 g/mol. The van der Waals surface area contributed by atoms with E-state index >= 15 is 0 Å². The van der Waals surface area contributed by atoms with Crippen LogP contribution in [0.25, 0.3) is 0 Å². The molecule has 2 rings (SSSR count). The zero-order valence-electron chi connectivity index (χ0n) is 56.3. The number of hydrogen-bond acceptors (Lipinski definition) is 13. The highest BCUT2D eigenvalue weighted by molar-refractivity contribution is 5.76. The Hall–Kier alpha value is -4.13. The Balaban J connectivity index is 1.65. The molecule has 1 amide bonds. The highest BCUT2D eigenvalue weighted by atomic mass is 16.7. The highest BCUT2D eigenvalue weighted by Crippen LogP contribution is 2.30. The van der Waals surface area contributed by atoms with Gasteiger partial charge in [-0.15, -0.1) is 0 Å². The third-order valence-corrected chi connectivity index (χ3v) is 16.2. The van der Waals surface area contributed by atoms with Gasteiger partial charge in [0.25, 0.3) is 0 Å². The Labute approximate surface area is 551 Å². The summed E-state index contributed by atoms with van der Waals surface area (Å²) >= 11 is 0. The number of hydrogen-bond donors (Lipinski definition) is 9. The van der Waals surface area contributed by atoms with Crippen molar-refractivity contribution >= 4 is 5.91 Å². The number of nitrogens with one attached hydrogen (secondary N) is 1. The molecule has 12 atom stereocenters. The van der Waals surface area contributed by atoms with Gasteiger partial charge < -0.3 is 65.1 Å². The number of rotatable bonds is 56. The van der Waals surface area contributed by atoms with Crippen molar-refractivity contribution in [2.75, 3.05) is 19.8 Å². The molecule has 2 aliphatic heterocycles. The number of carbonyl (C=O) groups is 1. The van der Waals surface area contributed by atoms with E-state index < -0.39 is 86.8 Å². The number of carbonyl (C=O) groups excluding carboxylic acids is 1. The van der Waals surface area contributed by atoms with Crippen molar-refractivity contribution in [2.24, 2.45) is 0 Å². The smallest absolute Gasteiger partial charge is 0.220 e. The molecular formula is C77H127NO13. The molecule has 2 fully saturated rings. The SMILES string of the molecule is CC/C=C\C/C=C\C/C=C\C/C=C\C/C=C\C/C=C\C/C=C\C/C=C\C/C=C\CCCCCCCCCCCCCC(=O)NC(COC1OC(CO)C(OC2OC(CO)C(O)C(O)C2O)C(O)C1O)C(O)/C=C/CC/C=C/CC/C=C/CCCCCCCCCC. The topological polar surface area (TPSA) is 228 Å². The molecule has 12 unspecified atom stereocenters. The van der Waals surface area contributed by atoms with E-state index in [4.69, 9.17) is 18.9 Å². The summed E-state index contributed by atoms with van der Waals surface area (Å²) in [4.78, 5) is 13.3. The maximum absolute atomic E-state index is 13.3. The summed E-state index contributed by atoms with van der Waals surface area (Å²) in [6.45, 7) is 2.65. The molecule has 2 heterocycles. The quantitative estimate of drug-likeness (QED) is 0.0204. The second-order valence-corrected chi connectivity index (χ2v) is 24.3. The second kappa shape index (κ2) is 59.6. The van der Waals surface area contributed by atoms with Crippen LogP contribution >= 0.6 is 0 Å². The summed E-state index contributed by atoms with van der Waals surface area (Å²) in [6, 6.07) is -0.950. The summed E-state index contributed by atoms with van der Waals surface area (Å²) in [7, 11) is 0. The van der Waals surface area contributed by atoms with E-state index in [1.54, 1.807) is 6.08 Å². The highest BCUT2D eigenvalue weighted by Gasteiger charge is 2.51. The Morgan fingerprint density at radius 1 is 0.407 bits per heavy atom. The Kier molecular flexibility index (Phi) is 54.3. The zero-order valence-corrected chi connectivity index (χ0v) is 56.3. The minimum Gasteiger partial charge on any atom is -0.394 e. The van der Waals surface area contributed by atoms with Gasteiger partial charge in [0.05, 0.1) is 32.0 Å². The van der Waals surface area contributed by atoms with Crippen molar-refractivity contribution in [2.45, 2.75) is 312 Å². The number of aliphatic hydroxyl groups excluding tert-OH is 8. The Morgan fingerprint density at radius 2 is 0.769 bits per heavy atom. The molecule has 0 radical (unpaired) electrons. The molecule has 14 nitrogen and oxygen atoms in total. The number of aliphatic hydroxyl groups is 8. The molecular weight excluding hydrogens is 1150 g/mol. The standard InChI is InChI=1S/C77H127NO13/c1-3-5-7-9-11-13-15-17-19-21-23-24-25-26-27-28-29-30-31-32-33-34-35-36-37-38-39-40-41-42-43-45-47-49-51-53-55-57-59-61-69(82)78-65(66(81)60-58-56-54-52-50-48-46-44-22-20-18-16-14-12-10-8-6-4-2)64-88-76-74(87)72(85)75(68(63-80)90-76)91-77-73(86)71(84)70(83)67(62-79)89-77/h5,7,11,13,17,19,22-24,26-27,29-30,32-33,35-36,38-39,44,50,52,58,60,65-68,70-77,79-81,83-87H,3-4,6,8-10,12,14-16,18,20-21,25,28,31,34,37,40-43,45-49,51,53-57,59,61-64H2,1-2H3,(H,78,82)/b7-5-,13-11-,19-17-,24-23-,27-26-,30-29-,33-32-,36-35-,39-38-,44-22+,52-50+,60-58+. The average Bonchev–Trinajstić information content (AvgIpc) is 1.19. The number of unbranched alkanes of at least 4 members (excludes halogenated alkanes) is 21. The van der Waals surface area contributed by atoms with Crippen LogP contribution in [-0.2, 0) is 23.7 Å². The first kappa shape index (κ1) is 83.0. The van der Waals surface area contributed by atoms with E-state index in [1.807, 2.05) is 6.08 Å². The van der Waals surface area contributed by atoms with Crippen LogP contribution in [0.15, 0.2) is 146 Å². The Morgan fingerprint density at radius 3 is 1.21 bits per heavy atom. The summed E-state index contributed by atoms with van der Waals surface area (Å²) in [6.07, 6.45) is 73.3. The molecule has 0 aliphatic carbocycles. The first-order chi connectivity index (χ1) is 44.6. The number of amides is 1. The van der Waals surface area contributed by atoms with Gasteiger partial charge in [0.2, 0.25) is 5.91 Å². The maximum Gasteiger partial charge on any atom is 0.220 e. The fourth-order valence-corrected chi connectivity index (χ4v) is 10.6. The normalized spacial score (nSPS) is 23.7. The minimum atomic E-state index is -1.80. The molecule has 518 valence electrons.